The number of hydrogen-bond donors (Lipinski definition) is 1. The van der Waals surface area contributed by atoms with Gasteiger partial charge in [-0.2, -0.15) is 0 Å². The van der Waals surface area contributed by atoms with Crippen LogP contribution in [0.4, 0.5) is 0 Å². The second kappa shape index (κ2) is 13.9. The van der Waals surface area contributed by atoms with Gasteiger partial charge >= 0.3 is 0 Å². The topological polar surface area (TPSA) is 72.5 Å². The van der Waals surface area contributed by atoms with E-state index in [1.807, 2.05) is 61.5 Å². The van der Waals surface area contributed by atoms with Crippen LogP contribution in [0.1, 0.15) is 77.8 Å². The molecule has 212 valence electrons. The Morgan fingerprint density at radius 1 is 0.821 bits per heavy atom. The van der Waals surface area contributed by atoms with E-state index in [0.29, 0.717) is 25.2 Å². The fourth-order valence-electron chi connectivity index (χ4n) is 5.36. The summed E-state index contributed by atoms with van der Waals surface area (Å²) in [5.74, 6) is 0.756. The summed E-state index contributed by atoms with van der Waals surface area (Å²) < 4.78 is 5.28. The standard InChI is InChI=1S/C34H47NO4/c1-23(2)18-27(20-26-12-14-29(39-6)15-13-26)31(36)22-28(21-25-10-8-7-9-11-25)33(38)35-30(19-24(3)4)32(37)34(5)16-17-34/h7-15,23-24,27-28,30H,16-22H2,1-6H3,(H,35,38)/t27-,28+,30-/m0/s1. The molecule has 5 nitrogen and oxygen atoms in total. The highest BCUT2D eigenvalue weighted by molar-refractivity contribution is 5.96. The maximum absolute atomic E-state index is 13.8. The van der Waals surface area contributed by atoms with Crippen molar-refractivity contribution < 1.29 is 19.1 Å². The van der Waals surface area contributed by atoms with Gasteiger partial charge in [0.1, 0.15) is 11.5 Å². The molecule has 0 aliphatic heterocycles. The third-order valence-corrected chi connectivity index (χ3v) is 7.93. The predicted octanol–water partition coefficient (Wildman–Crippen LogP) is 6.62. The van der Waals surface area contributed by atoms with Gasteiger partial charge in [0.25, 0.3) is 0 Å². The summed E-state index contributed by atoms with van der Waals surface area (Å²) in [7, 11) is 1.64. The molecule has 39 heavy (non-hydrogen) atoms. The number of carbonyl (C=O) groups is 3. The molecule has 2 aromatic carbocycles. The Morgan fingerprint density at radius 2 is 1.38 bits per heavy atom. The number of carbonyl (C=O) groups excluding carboxylic acids is 3. The van der Waals surface area contributed by atoms with Crippen molar-refractivity contribution in [1.29, 1.82) is 0 Å². The lowest BCUT2D eigenvalue weighted by atomic mass is 9.82. The lowest BCUT2D eigenvalue weighted by Crippen LogP contribution is -2.47. The summed E-state index contributed by atoms with van der Waals surface area (Å²) in [4.78, 5) is 40.9. The first-order valence-corrected chi connectivity index (χ1v) is 14.5. The van der Waals surface area contributed by atoms with Gasteiger partial charge in [0.05, 0.1) is 13.2 Å². The molecule has 1 saturated carbocycles. The normalized spacial score (nSPS) is 16.4. The van der Waals surface area contributed by atoms with Gasteiger partial charge in [-0.05, 0) is 73.6 Å². The van der Waals surface area contributed by atoms with Crippen LogP contribution in [0.15, 0.2) is 54.6 Å². The Balaban J connectivity index is 1.80. The van der Waals surface area contributed by atoms with Crippen LogP contribution in [0.2, 0.25) is 0 Å². The summed E-state index contributed by atoms with van der Waals surface area (Å²) in [5, 5.41) is 3.11. The highest BCUT2D eigenvalue weighted by Crippen LogP contribution is 2.47. The highest BCUT2D eigenvalue weighted by atomic mass is 16.5. The van der Waals surface area contributed by atoms with Crippen molar-refractivity contribution in [3.05, 3.63) is 65.7 Å². The summed E-state index contributed by atoms with van der Waals surface area (Å²) in [6.07, 6.45) is 4.39. The van der Waals surface area contributed by atoms with Crippen LogP contribution in [0.25, 0.3) is 0 Å². The second-order valence-corrected chi connectivity index (χ2v) is 12.6. The summed E-state index contributed by atoms with van der Waals surface area (Å²) >= 11 is 0. The molecule has 1 amide bonds. The van der Waals surface area contributed by atoms with Crippen molar-refractivity contribution in [2.24, 2.45) is 29.1 Å². The molecular weight excluding hydrogens is 486 g/mol. The van der Waals surface area contributed by atoms with Gasteiger partial charge < -0.3 is 10.1 Å². The van der Waals surface area contributed by atoms with Crippen LogP contribution in [0.5, 0.6) is 5.75 Å². The molecule has 2 aromatic rings. The molecule has 1 aliphatic rings. The molecule has 0 heterocycles. The van der Waals surface area contributed by atoms with Crippen LogP contribution in [-0.2, 0) is 27.2 Å². The number of ether oxygens (including phenoxy) is 1. The number of hydrogen-bond acceptors (Lipinski definition) is 4. The van der Waals surface area contributed by atoms with Gasteiger partial charge in [-0.25, -0.2) is 0 Å². The summed E-state index contributed by atoms with van der Waals surface area (Å²) in [6, 6.07) is 17.2. The summed E-state index contributed by atoms with van der Waals surface area (Å²) in [5.41, 5.74) is 1.78. The third kappa shape index (κ3) is 9.33. The Morgan fingerprint density at radius 3 is 1.92 bits per heavy atom. The van der Waals surface area contributed by atoms with Crippen LogP contribution >= 0.6 is 0 Å². The minimum absolute atomic E-state index is 0.108. The molecule has 0 aromatic heterocycles. The largest absolute Gasteiger partial charge is 0.497 e. The molecule has 1 aliphatic carbocycles. The molecule has 0 radical (unpaired) electrons. The zero-order valence-corrected chi connectivity index (χ0v) is 24.7. The third-order valence-electron chi connectivity index (χ3n) is 7.93. The minimum atomic E-state index is -0.528. The molecule has 3 rings (SSSR count). The van der Waals surface area contributed by atoms with Gasteiger partial charge in [-0.15, -0.1) is 0 Å². The molecule has 0 unspecified atom stereocenters. The number of methoxy groups -OCH3 is 1. The van der Waals surface area contributed by atoms with E-state index in [-0.39, 0.29) is 41.1 Å². The molecule has 1 N–H and O–H groups in total. The van der Waals surface area contributed by atoms with Crippen molar-refractivity contribution >= 4 is 17.5 Å². The van der Waals surface area contributed by atoms with E-state index in [9.17, 15) is 14.4 Å². The van der Waals surface area contributed by atoms with Gasteiger partial charge in [-0.1, -0.05) is 77.1 Å². The van der Waals surface area contributed by atoms with E-state index >= 15 is 0 Å². The number of amides is 1. The average Bonchev–Trinajstić information content (AvgIpc) is 3.65. The average molecular weight is 534 g/mol. The number of Topliss-reactive ketones (excluding diaryl/α,β-unsaturated/α-hetero) is 2. The molecular formula is C34H47NO4. The maximum atomic E-state index is 13.8. The number of ketones is 2. The smallest absolute Gasteiger partial charge is 0.224 e. The lowest BCUT2D eigenvalue weighted by molar-refractivity contribution is -0.134. The van der Waals surface area contributed by atoms with Crippen LogP contribution < -0.4 is 10.1 Å². The highest BCUT2D eigenvalue weighted by Gasteiger charge is 2.48. The number of benzene rings is 2. The van der Waals surface area contributed by atoms with Gasteiger partial charge in [0.2, 0.25) is 5.91 Å². The Bertz CT molecular complexity index is 1090. The van der Waals surface area contributed by atoms with Crippen molar-refractivity contribution in [2.45, 2.75) is 85.6 Å². The predicted molar refractivity (Wildman–Crippen MR) is 157 cm³/mol. The van der Waals surface area contributed by atoms with Gasteiger partial charge in [0.15, 0.2) is 5.78 Å². The SMILES string of the molecule is COc1ccc(C[C@H](CC(C)C)C(=O)C[C@@H](Cc2ccccc2)C(=O)N[C@@H](CC(C)C)C(=O)C2(C)CC2)cc1. The van der Waals surface area contributed by atoms with Crippen LogP contribution in [-0.4, -0.2) is 30.6 Å². The van der Waals surface area contributed by atoms with E-state index in [2.05, 4.69) is 33.0 Å². The quantitative estimate of drug-likeness (QED) is 0.263. The van der Waals surface area contributed by atoms with Crippen molar-refractivity contribution in [2.75, 3.05) is 7.11 Å². The van der Waals surface area contributed by atoms with Gasteiger partial charge in [0, 0.05) is 23.7 Å². The Hall–Kier alpha value is -2.95. The zero-order valence-electron chi connectivity index (χ0n) is 24.7. The Labute approximate surface area is 235 Å². The van der Waals surface area contributed by atoms with Crippen LogP contribution in [0, 0.1) is 29.1 Å². The molecule has 3 atom stereocenters. The molecule has 0 bridgehead atoms. The number of nitrogens with one attached hydrogen (secondary N) is 1. The lowest BCUT2D eigenvalue weighted by Gasteiger charge is -2.26. The van der Waals surface area contributed by atoms with E-state index < -0.39 is 12.0 Å². The second-order valence-electron chi connectivity index (χ2n) is 12.6. The summed E-state index contributed by atoms with van der Waals surface area (Å²) in [6.45, 7) is 10.4. The first-order chi connectivity index (χ1) is 18.5. The van der Waals surface area contributed by atoms with E-state index in [0.717, 1.165) is 36.1 Å². The fraction of sp³-hybridized carbons (Fsp3) is 0.559. The fourth-order valence-corrected chi connectivity index (χ4v) is 5.36. The van der Waals surface area contributed by atoms with Crippen LogP contribution in [0.3, 0.4) is 0 Å². The Kier molecular flexibility index (Phi) is 10.9. The maximum Gasteiger partial charge on any atom is 0.224 e. The van der Waals surface area contributed by atoms with E-state index in [1.54, 1.807) is 7.11 Å². The molecule has 5 heteroatoms. The monoisotopic (exact) mass is 533 g/mol. The van der Waals surface area contributed by atoms with E-state index in [1.165, 1.54) is 0 Å². The van der Waals surface area contributed by atoms with E-state index in [4.69, 9.17) is 4.74 Å². The van der Waals surface area contributed by atoms with Gasteiger partial charge in [-0.3, -0.25) is 14.4 Å². The van der Waals surface area contributed by atoms with Crippen molar-refractivity contribution in [1.82, 2.24) is 5.32 Å². The molecule has 1 fully saturated rings. The molecule has 0 saturated heterocycles. The number of rotatable bonds is 16. The zero-order chi connectivity index (χ0) is 28.6. The minimum Gasteiger partial charge on any atom is -0.497 e. The first kappa shape index (κ1) is 30.6. The first-order valence-electron chi connectivity index (χ1n) is 14.5. The van der Waals surface area contributed by atoms with Crippen molar-refractivity contribution in [3.8, 4) is 5.75 Å². The molecule has 0 spiro atoms. The van der Waals surface area contributed by atoms with Crippen molar-refractivity contribution in [3.63, 3.8) is 0 Å².